The predicted molar refractivity (Wildman–Crippen MR) is 110 cm³/mol. The van der Waals surface area contributed by atoms with E-state index < -0.39 is 0 Å². The Bertz CT molecular complexity index is 1180. The van der Waals surface area contributed by atoms with Crippen LogP contribution in [0.15, 0.2) is 76.2 Å². The van der Waals surface area contributed by atoms with E-state index in [0.29, 0.717) is 17.0 Å². The minimum absolute atomic E-state index is 0.306. The molecule has 0 aliphatic heterocycles. The number of furan rings is 1. The van der Waals surface area contributed by atoms with E-state index in [2.05, 4.69) is 15.5 Å². The van der Waals surface area contributed by atoms with E-state index in [1.807, 2.05) is 80.6 Å². The molecule has 0 radical (unpaired) electrons. The summed E-state index contributed by atoms with van der Waals surface area (Å²) in [4.78, 5) is 17.0. The first-order valence-electron chi connectivity index (χ1n) is 8.97. The quantitative estimate of drug-likeness (QED) is 0.412. The number of benzene rings is 2. The van der Waals surface area contributed by atoms with Crippen LogP contribution in [-0.2, 0) is 0 Å². The van der Waals surface area contributed by atoms with E-state index in [4.69, 9.17) is 4.42 Å². The molecule has 0 saturated carbocycles. The lowest BCUT2D eigenvalue weighted by atomic mass is 10.1. The number of hydrazone groups is 1. The van der Waals surface area contributed by atoms with Crippen molar-refractivity contribution >= 4 is 23.0 Å². The number of rotatable bonds is 4. The monoisotopic (exact) mass is 369 g/mol. The van der Waals surface area contributed by atoms with Gasteiger partial charge in [0.2, 0.25) is 0 Å². The second-order valence-corrected chi connectivity index (χ2v) is 6.58. The van der Waals surface area contributed by atoms with E-state index in [0.717, 1.165) is 27.8 Å². The van der Waals surface area contributed by atoms with Gasteiger partial charge in [-0.05, 0) is 44.2 Å². The summed E-state index contributed by atoms with van der Waals surface area (Å²) in [5.41, 5.74) is 6.68. The van der Waals surface area contributed by atoms with Crippen molar-refractivity contribution in [2.24, 2.45) is 5.10 Å². The Hall–Kier alpha value is -3.73. The van der Waals surface area contributed by atoms with Crippen LogP contribution in [0.3, 0.4) is 0 Å². The van der Waals surface area contributed by atoms with Gasteiger partial charge in [-0.2, -0.15) is 5.10 Å². The average Bonchev–Trinajstić information content (AvgIpc) is 3.17. The SMILES string of the molecule is Cc1ccc2nc(C)c(C(=O)N/N=C\c3ccc(-c4ccccc4)o3)cc2c1. The highest BCUT2D eigenvalue weighted by Crippen LogP contribution is 2.21. The Kier molecular flexibility index (Phi) is 4.72. The second kappa shape index (κ2) is 7.48. The molecule has 0 aliphatic rings. The highest BCUT2D eigenvalue weighted by Gasteiger charge is 2.11. The Balaban J connectivity index is 1.49. The minimum Gasteiger partial charge on any atom is -0.455 e. The zero-order valence-electron chi connectivity index (χ0n) is 15.6. The number of nitrogens with zero attached hydrogens (tertiary/aromatic N) is 2. The molecule has 1 amide bonds. The number of aromatic nitrogens is 1. The fourth-order valence-electron chi connectivity index (χ4n) is 3.02. The van der Waals surface area contributed by atoms with Crippen LogP contribution in [0.25, 0.3) is 22.2 Å². The molecule has 138 valence electrons. The molecule has 5 nitrogen and oxygen atoms in total. The topological polar surface area (TPSA) is 67.5 Å². The summed E-state index contributed by atoms with van der Waals surface area (Å²) < 4.78 is 5.74. The van der Waals surface area contributed by atoms with Crippen molar-refractivity contribution in [3.05, 3.63) is 89.3 Å². The van der Waals surface area contributed by atoms with Crippen molar-refractivity contribution in [1.29, 1.82) is 0 Å². The summed E-state index contributed by atoms with van der Waals surface area (Å²) in [6.07, 6.45) is 1.48. The largest absolute Gasteiger partial charge is 0.455 e. The van der Waals surface area contributed by atoms with Gasteiger partial charge in [-0.15, -0.1) is 0 Å². The average molecular weight is 369 g/mol. The molecule has 2 aromatic heterocycles. The molecule has 1 N–H and O–H groups in total. The fourth-order valence-corrected chi connectivity index (χ4v) is 3.02. The highest BCUT2D eigenvalue weighted by atomic mass is 16.3. The van der Waals surface area contributed by atoms with Gasteiger partial charge in [-0.3, -0.25) is 9.78 Å². The maximum absolute atomic E-state index is 12.5. The zero-order valence-corrected chi connectivity index (χ0v) is 15.6. The van der Waals surface area contributed by atoms with Crippen LogP contribution in [0.1, 0.15) is 27.4 Å². The van der Waals surface area contributed by atoms with E-state index in [-0.39, 0.29) is 5.91 Å². The maximum Gasteiger partial charge on any atom is 0.273 e. The number of pyridine rings is 1. The van der Waals surface area contributed by atoms with E-state index in [1.165, 1.54) is 6.21 Å². The summed E-state index contributed by atoms with van der Waals surface area (Å²) >= 11 is 0. The van der Waals surface area contributed by atoms with E-state index in [1.54, 1.807) is 0 Å². The molecule has 0 atom stereocenters. The highest BCUT2D eigenvalue weighted by molar-refractivity contribution is 5.99. The van der Waals surface area contributed by atoms with Crippen LogP contribution in [-0.4, -0.2) is 17.1 Å². The minimum atomic E-state index is -0.306. The Labute approximate surface area is 162 Å². The first-order valence-corrected chi connectivity index (χ1v) is 8.97. The number of hydrogen-bond donors (Lipinski definition) is 1. The Morgan fingerprint density at radius 2 is 1.86 bits per heavy atom. The van der Waals surface area contributed by atoms with Gasteiger partial charge in [0, 0.05) is 10.9 Å². The lowest BCUT2D eigenvalue weighted by molar-refractivity contribution is 0.0954. The van der Waals surface area contributed by atoms with Crippen LogP contribution in [0, 0.1) is 13.8 Å². The fraction of sp³-hybridized carbons (Fsp3) is 0.0870. The van der Waals surface area contributed by atoms with Crippen LogP contribution in [0.4, 0.5) is 0 Å². The van der Waals surface area contributed by atoms with Gasteiger partial charge in [0.25, 0.3) is 5.91 Å². The van der Waals surface area contributed by atoms with Gasteiger partial charge in [0.15, 0.2) is 0 Å². The van der Waals surface area contributed by atoms with Crippen molar-refractivity contribution in [2.45, 2.75) is 13.8 Å². The molecule has 28 heavy (non-hydrogen) atoms. The van der Waals surface area contributed by atoms with Crippen LogP contribution in [0.5, 0.6) is 0 Å². The van der Waals surface area contributed by atoms with Gasteiger partial charge >= 0.3 is 0 Å². The van der Waals surface area contributed by atoms with Crippen LogP contribution >= 0.6 is 0 Å². The molecule has 0 unspecified atom stereocenters. The molecular weight excluding hydrogens is 350 g/mol. The first-order chi connectivity index (χ1) is 13.6. The molecule has 0 bridgehead atoms. The van der Waals surface area contributed by atoms with Crippen LogP contribution in [0.2, 0.25) is 0 Å². The van der Waals surface area contributed by atoms with Gasteiger partial charge in [-0.1, -0.05) is 42.0 Å². The maximum atomic E-state index is 12.5. The Morgan fingerprint density at radius 3 is 2.68 bits per heavy atom. The normalized spacial score (nSPS) is 11.2. The molecule has 0 saturated heterocycles. The molecule has 5 heteroatoms. The van der Waals surface area contributed by atoms with Crippen molar-refractivity contribution in [2.75, 3.05) is 0 Å². The second-order valence-electron chi connectivity index (χ2n) is 6.58. The summed E-state index contributed by atoms with van der Waals surface area (Å²) in [5, 5.41) is 4.95. The molecular formula is C23H19N3O2. The predicted octanol–water partition coefficient (Wildman–Crippen LogP) is 4.88. The number of aryl methyl sites for hydroxylation is 2. The molecule has 2 heterocycles. The van der Waals surface area contributed by atoms with Crippen molar-refractivity contribution in [3.63, 3.8) is 0 Å². The molecule has 4 aromatic rings. The number of carbonyl (C=O) groups is 1. The van der Waals surface area contributed by atoms with Crippen LogP contribution < -0.4 is 5.43 Å². The smallest absolute Gasteiger partial charge is 0.273 e. The number of fused-ring (bicyclic) bond motifs is 1. The third-order valence-corrected chi connectivity index (χ3v) is 4.45. The van der Waals surface area contributed by atoms with Gasteiger partial charge in [-0.25, -0.2) is 5.43 Å². The van der Waals surface area contributed by atoms with E-state index in [9.17, 15) is 4.79 Å². The summed E-state index contributed by atoms with van der Waals surface area (Å²) in [6, 6.07) is 21.3. The molecule has 4 rings (SSSR count). The molecule has 0 fully saturated rings. The van der Waals surface area contributed by atoms with Crippen molar-refractivity contribution < 1.29 is 9.21 Å². The summed E-state index contributed by atoms with van der Waals surface area (Å²) in [5.74, 6) is 1.00. The lowest BCUT2D eigenvalue weighted by Crippen LogP contribution is -2.19. The van der Waals surface area contributed by atoms with Crippen molar-refractivity contribution in [1.82, 2.24) is 10.4 Å². The lowest BCUT2D eigenvalue weighted by Gasteiger charge is -2.06. The number of carbonyl (C=O) groups excluding carboxylic acids is 1. The number of amides is 1. The summed E-state index contributed by atoms with van der Waals surface area (Å²) in [7, 11) is 0. The van der Waals surface area contributed by atoms with Gasteiger partial charge in [0.1, 0.15) is 11.5 Å². The Morgan fingerprint density at radius 1 is 1.04 bits per heavy atom. The van der Waals surface area contributed by atoms with E-state index >= 15 is 0 Å². The first kappa shape index (κ1) is 17.7. The number of hydrogen-bond acceptors (Lipinski definition) is 4. The standard InChI is InChI=1S/C23H19N3O2/c1-15-8-10-21-18(12-15)13-20(16(2)25-21)23(27)26-24-14-19-9-11-22(28-19)17-6-4-3-5-7-17/h3-14H,1-2H3,(H,26,27)/b24-14-. The number of nitrogens with one attached hydrogen (secondary N) is 1. The third kappa shape index (κ3) is 3.69. The zero-order chi connectivity index (χ0) is 19.5. The molecule has 2 aromatic carbocycles. The van der Waals surface area contributed by atoms with Gasteiger partial charge in [0.05, 0.1) is 23.0 Å². The molecule has 0 spiro atoms. The van der Waals surface area contributed by atoms with Gasteiger partial charge < -0.3 is 4.42 Å². The summed E-state index contributed by atoms with van der Waals surface area (Å²) in [6.45, 7) is 3.83. The van der Waals surface area contributed by atoms with Crippen molar-refractivity contribution in [3.8, 4) is 11.3 Å². The third-order valence-electron chi connectivity index (χ3n) is 4.45. The molecule has 0 aliphatic carbocycles.